The number of benzene rings is 1. The lowest BCUT2D eigenvalue weighted by atomic mass is 10.0. The smallest absolute Gasteiger partial charge is 0.216 e. The summed E-state index contributed by atoms with van der Waals surface area (Å²) in [6.07, 6.45) is 1.58. The van der Waals surface area contributed by atoms with Crippen molar-refractivity contribution in [2.24, 2.45) is 0 Å². The minimum atomic E-state index is -0.0271. The molecule has 0 N–H and O–H groups in total. The van der Waals surface area contributed by atoms with Gasteiger partial charge in [-0.1, -0.05) is 17.7 Å². The number of aryl methyl sites for hydroxylation is 1. The third-order valence-corrected chi connectivity index (χ3v) is 2.98. The monoisotopic (exact) mass is 276 g/mol. The number of hydrogen-bond donors (Lipinski definition) is 0. The zero-order valence-electron chi connectivity index (χ0n) is 10.7. The highest BCUT2D eigenvalue weighted by Crippen LogP contribution is 2.17. The molecule has 1 aromatic heterocycles. The molecule has 0 aliphatic heterocycles. The summed E-state index contributed by atoms with van der Waals surface area (Å²) in [6.45, 7) is 1.88. The van der Waals surface area contributed by atoms with E-state index < -0.39 is 0 Å². The predicted molar refractivity (Wildman–Crippen MR) is 72.8 cm³/mol. The van der Waals surface area contributed by atoms with Crippen molar-refractivity contribution in [3.63, 3.8) is 0 Å². The van der Waals surface area contributed by atoms with Gasteiger partial charge in [-0.25, -0.2) is 9.97 Å². The van der Waals surface area contributed by atoms with Crippen molar-refractivity contribution in [2.45, 2.75) is 13.3 Å². The second-order valence-corrected chi connectivity index (χ2v) is 4.55. The number of Topliss-reactive ketones (excluding diaryl/α,β-unsaturated/α-hetero) is 1. The summed E-state index contributed by atoms with van der Waals surface area (Å²) >= 11 is 5.91. The summed E-state index contributed by atoms with van der Waals surface area (Å²) in [6, 6.07) is 6.92. The van der Waals surface area contributed by atoms with E-state index in [0.717, 1.165) is 5.56 Å². The molecule has 1 aromatic carbocycles. The van der Waals surface area contributed by atoms with E-state index in [0.29, 0.717) is 22.2 Å². The van der Waals surface area contributed by atoms with Crippen molar-refractivity contribution < 1.29 is 9.53 Å². The van der Waals surface area contributed by atoms with E-state index >= 15 is 0 Å². The number of ether oxygens (including phenoxy) is 1. The van der Waals surface area contributed by atoms with Gasteiger partial charge in [-0.15, -0.1) is 0 Å². The Balaban J connectivity index is 2.23. The third kappa shape index (κ3) is 3.29. The fraction of sp³-hybridized carbons (Fsp3) is 0.214. The summed E-state index contributed by atoms with van der Waals surface area (Å²) in [5.74, 6) is 0.418. The molecule has 0 spiro atoms. The van der Waals surface area contributed by atoms with Gasteiger partial charge in [-0.3, -0.25) is 4.79 Å². The Labute approximate surface area is 116 Å². The first-order valence-electron chi connectivity index (χ1n) is 5.74. The van der Waals surface area contributed by atoms with E-state index in [4.69, 9.17) is 16.3 Å². The Kier molecular flexibility index (Phi) is 4.12. The van der Waals surface area contributed by atoms with Crippen LogP contribution in [-0.4, -0.2) is 22.9 Å². The fourth-order valence-electron chi connectivity index (χ4n) is 1.74. The van der Waals surface area contributed by atoms with E-state index in [1.165, 1.54) is 13.4 Å². The normalized spacial score (nSPS) is 10.3. The topological polar surface area (TPSA) is 52.1 Å². The number of aromatic nitrogens is 2. The molecule has 0 aliphatic carbocycles. The molecule has 0 aliphatic rings. The summed E-state index contributed by atoms with van der Waals surface area (Å²) in [4.78, 5) is 20.2. The second kappa shape index (κ2) is 5.80. The lowest BCUT2D eigenvalue weighted by Gasteiger charge is -2.06. The van der Waals surface area contributed by atoms with E-state index in [1.807, 2.05) is 13.0 Å². The number of carbonyl (C=O) groups excluding carboxylic acids is 1. The van der Waals surface area contributed by atoms with Gasteiger partial charge in [-0.2, -0.15) is 0 Å². The Bertz CT molecular complexity index is 614. The number of methoxy groups -OCH3 is 1. The molecule has 4 nitrogen and oxygen atoms in total. The van der Waals surface area contributed by atoms with Gasteiger partial charge in [0, 0.05) is 16.7 Å². The molecule has 0 bridgehead atoms. The van der Waals surface area contributed by atoms with E-state index in [9.17, 15) is 4.79 Å². The van der Waals surface area contributed by atoms with Crippen LogP contribution in [0.2, 0.25) is 5.02 Å². The Morgan fingerprint density at radius 2 is 2.11 bits per heavy atom. The average molecular weight is 277 g/mol. The molecule has 98 valence electrons. The number of hydrogen-bond acceptors (Lipinski definition) is 4. The van der Waals surface area contributed by atoms with Gasteiger partial charge in [0.2, 0.25) is 5.88 Å². The molecule has 0 amide bonds. The zero-order valence-corrected chi connectivity index (χ0v) is 11.4. The first kappa shape index (κ1) is 13.5. The highest BCUT2D eigenvalue weighted by atomic mass is 35.5. The number of nitrogens with zero attached hydrogens (tertiary/aromatic N) is 2. The maximum Gasteiger partial charge on any atom is 0.216 e. The molecule has 2 rings (SSSR count). The van der Waals surface area contributed by atoms with Crippen molar-refractivity contribution >= 4 is 17.4 Å². The molecule has 5 heteroatoms. The van der Waals surface area contributed by atoms with Crippen LogP contribution >= 0.6 is 11.6 Å². The van der Waals surface area contributed by atoms with Crippen LogP contribution < -0.4 is 4.74 Å². The first-order valence-corrected chi connectivity index (χ1v) is 6.12. The minimum absolute atomic E-state index is 0.0271. The first-order chi connectivity index (χ1) is 9.10. The van der Waals surface area contributed by atoms with Gasteiger partial charge < -0.3 is 4.74 Å². The Morgan fingerprint density at radius 1 is 1.32 bits per heavy atom. The summed E-state index contributed by atoms with van der Waals surface area (Å²) in [7, 11) is 1.52. The summed E-state index contributed by atoms with van der Waals surface area (Å²) in [5.41, 5.74) is 2.14. The van der Waals surface area contributed by atoms with Gasteiger partial charge in [0.1, 0.15) is 6.33 Å². The molecule has 0 saturated carbocycles. The SMILES string of the molecule is COc1cc(CC(=O)c2cc(Cl)ccc2C)ncn1. The number of rotatable bonds is 4. The molecular formula is C14H13ClN2O2. The van der Waals surface area contributed by atoms with Crippen LogP contribution in [0.25, 0.3) is 0 Å². The largest absolute Gasteiger partial charge is 0.481 e. The molecule has 1 heterocycles. The molecule has 0 fully saturated rings. The molecule has 0 saturated heterocycles. The zero-order chi connectivity index (χ0) is 13.8. The quantitative estimate of drug-likeness (QED) is 0.806. The van der Waals surface area contributed by atoms with E-state index in [2.05, 4.69) is 9.97 Å². The Hall–Kier alpha value is -1.94. The maximum absolute atomic E-state index is 12.2. The molecule has 0 atom stereocenters. The maximum atomic E-state index is 12.2. The molecule has 0 unspecified atom stereocenters. The molecule has 19 heavy (non-hydrogen) atoms. The molecule has 2 aromatic rings. The van der Waals surface area contributed by atoms with E-state index in [-0.39, 0.29) is 12.2 Å². The lowest BCUT2D eigenvalue weighted by molar-refractivity contribution is 0.0991. The van der Waals surface area contributed by atoms with Crippen molar-refractivity contribution in [3.05, 3.63) is 52.4 Å². The number of carbonyl (C=O) groups is 1. The van der Waals surface area contributed by atoms with Crippen LogP contribution in [0.4, 0.5) is 0 Å². The summed E-state index contributed by atoms with van der Waals surface area (Å²) in [5, 5.41) is 0.550. The highest BCUT2D eigenvalue weighted by molar-refractivity contribution is 6.31. The van der Waals surface area contributed by atoms with Gasteiger partial charge in [0.15, 0.2) is 5.78 Å². The lowest BCUT2D eigenvalue weighted by Crippen LogP contribution is -2.07. The Morgan fingerprint density at radius 3 is 2.84 bits per heavy atom. The van der Waals surface area contributed by atoms with Crippen LogP contribution in [0.3, 0.4) is 0 Å². The van der Waals surface area contributed by atoms with Crippen LogP contribution in [0.1, 0.15) is 21.6 Å². The van der Waals surface area contributed by atoms with Crippen LogP contribution in [0.15, 0.2) is 30.6 Å². The average Bonchev–Trinajstić information content (AvgIpc) is 2.41. The summed E-state index contributed by atoms with van der Waals surface area (Å²) < 4.78 is 5.00. The number of ketones is 1. The van der Waals surface area contributed by atoms with Crippen LogP contribution in [0.5, 0.6) is 5.88 Å². The van der Waals surface area contributed by atoms with Crippen molar-refractivity contribution in [2.75, 3.05) is 7.11 Å². The molecule has 0 radical (unpaired) electrons. The van der Waals surface area contributed by atoms with Crippen molar-refractivity contribution in [1.82, 2.24) is 9.97 Å². The minimum Gasteiger partial charge on any atom is -0.481 e. The fourth-order valence-corrected chi connectivity index (χ4v) is 1.91. The van der Waals surface area contributed by atoms with Crippen LogP contribution in [0, 0.1) is 6.92 Å². The second-order valence-electron chi connectivity index (χ2n) is 4.11. The standard InChI is InChI=1S/C14H13ClN2O2/c1-9-3-4-10(15)5-12(9)13(18)6-11-7-14(19-2)17-8-16-11/h3-5,7-8H,6H2,1-2H3. The predicted octanol–water partition coefficient (Wildman–Crippen LogP) is 2.87. The highest BCUT2D eigenvalue weighted by Gasteiger charge is 2.12. The third-order valence-electron chi connectivity index (χ3n) is 2.75. The van der Waals surface area contributed by atoms with E-state index in [1.54, 1.807) is 18.2 Å². The molecular weight excluding hydrogens is 264 g/mol. The van der Waals surface area contributed by atoms with Crippen LogP contribution in [-0.2, 0) is 6.42 Å². The number of halogens is 1. The van der Waals surface area contributed by atoms with Gasteiger partial charge in [-0.05, 0) is 24.6 Å². The van der Waals surface area contributed by atoms with Gasteiger partial charge in [0.25, 0.3) is 0 Å². The van der Waals surface area contributed by atoms with Gasteiger partial charge in [0.05, 0.1) is 19.2 Å². The van der Waals surface area contributed by atoms with Crippen molar-refractivity contribution in [3.8, 4) is 5.88 Å². The van der Waals surface area contributed by atoms with Gasteiger partial charge >= 0.3 is 0 Å². The van der Waals surface area contributed by atoms with Crippen molar-refractivity contribution in [1.29, 1.82) is 0 Å².